The largest absolute Gasteiger partial charge is 0.497 e. The Morgan fingerprint density at radius 1 is 1.18 bits per heavy atom. The van der Waals surface area contributed by atoms with E-state index in [1.54, 1.807) is 20.3 Å². The average Bonchev–Trinajstić information content (AvgIpc) is 2.56. The molecule has 6 nitrogen and oxygen atoms in total. The van der Waals surface area contributed by atoms with Gasteiger partial charge in [-0.25, -0.2) is 0 Å². The van der Waals surface area contributed by atoms with Crippen LogP contribution in [0.4, 0.5) is 5.69 Å². The fourth-order valence-electron chi connectivity index (χ4n) is 1.93. The first kappa shape index (κ1) is 18.1. The molecule has 2 atom stereocenters. The van der Waals surface area contributed by atoms with E-state index >= 15 is 0 Å². The minimum Gasteiger partial charge on any atom is -0.497 e. The van der Waals surface area contributed by atoms with Gasteiger partial charge in [-0.1, -0.05) is 20.3 Å². The summed E-state index contributed by atoms with van der Waals surface area (Å²) in [6, 6.07) is 5.09. The van der Waals surface area contributed by atoms with E-state index in [0.29, 0.717) is 24.6 Å². The number of carbonyl (C=O) groups is 1. The van der Waals surface area contributed by atoms with Crippen LogP contribution < -0.4 is 25.8 Å². The van der Waals surface area contributed by atoms with Gasteiger partial charge in [0.05, 0.1) is 20.3 Å². The molecule has 1 aromatic carbocycles. The second kappa shape index (κ2) is 9.15. The molecule has 1 rings (SSSR count). The third-order valence-corrected chi connectivity index (χ3v) is 3.66. The zero-order valence-electron chi connectivity index (χ0n) is 13.8. The van der Waals surface area contributed by atoms with Gasteiger partial charge in [-0.3, -0.25) is 4.79 Å². The van der Waals surface area contributed by atoms with Gasteiger partial charge in [-0.2, -0.15) is 0 Å². The first-order valence-electron chi connectivity index (χ1n) is 7.52. The molecule has 0 radical (unpaired) electrons. The minimum absolute atomic E-state index is 0.112. The zero-order chi connectivity index (χ0) is 16.5. The molecule has 0 spiro atoms. The highest BCUT2D eigenvalue weighted by molar-refractivity contribution is 5.81. The number of nitrogens with one attached hydrogen (secondary N) is 2. The lowest BCUT2D eigenvalue weighted by Crippen LogP contribution is -2.45. The van der Waals surface area contributed by atoms with Crippen molar-refractivity contribution in [1.82, 2.24) is 5.32 Å². The number of carbonyl (C=O) groups excluding carboxylic acids is 1. The van der Waals surface area contributed by atoms with Crippen LogP contribution in [0.5, 0.6) is 11.5 Å². The molecule has 22 heavy (non-hydrogen) atoms. The van der Waals surface area contributed by atoms with Gasteiger partial charge in [0.2, 0.25) is 5.91 Å². The Bertz CT molecular complexity index is 457. The van der Waals surface area contributed by atoms with Gasteiger partial charge in [0.1, 0.15) is 11.5 Å². The van der Waals surface area contributed by atoms with Crippen molar-refractivity contribution in [3.8, 4) is 11.5 Å². The van der Waals surface area contributed by atoms with Crippen LogP contribution in [-0.2, 0) is 4.79 Å². The Labute approximate surface area is 132 Å². The van der Waals surface area contributed by atoms with Gasteiger partial charge in [0.25, 0.3) is 0 Å². The number of nitrogens with two attached hydrogens (primary N) is 1. The lowest BCUT2D eigenvalue weighted by atomic mass is 9.99. The monoisotopic (exact) mass is 309 g/mol. The number of hydrogen-bond acceptors (Lipinski definition) is 5. The van der Waals surface area contributed by atoms with Crippen LogP contribution >= 0.6 is 0 Å². The van der Waals surface area contributed by atoms with E-state index in [2.05, 4.69) is 10.6 Å². The van der Waals surface area contributed by atoms with E-state index < -0.39 is 6.04 Å². The second-order valence-corrected chi connectivity index (χ2v) is 5.23. The molecule has 124 valence electrons. The minimum atomic E-state index is -0.457. The van der Waals surface area contributed by atoms with E-state index in [4.69, 9.17) is 15.2 Å². The highest BCUT2D eigenvalue weighted by Gasteiger charge is 2.18. The molecule has 1 aromatic rings. The smallest absolute Gasteiger partial charge is 0.237 e. The number of methoxy groups -OCH3 is 2. The summed E-state index contributed by atoms with van der Waals surface area (Å²) in [5.41, 5.74) is 6.75. The topological polar surface area (TPSA) is 85.6 Å². The molecular weight excluding hydrogens is 282 g/mol. The maximum atomic E-state index is 11.9. The molecule has 0 aliphatic carbocycles. The predicted molar refractivity (Wildman–Crippen MR) is 88.5 cm³/mol. The predicted octanol–water partition coefficient (Wildman–Crippen LogP) is 1.61. The first-order chi connectivity index (χ1) is 10.5. The summed E-state index contributed by atoms with van der Waals surface area (Å²) in [7, 11) is 3.21. The van der Waals surface area contributed by atoms with Gasteiger partial charge < -0.3 is 25.8 Å². The van der Waals surface area contributed by atoms with Crippen LogP contribution in [0.25, 0.3) is 0 Å². The molecule has 4 N–H and O–H groups in total. The molecule has 0 bridgehead atoms. The first-order valence-corrected chi connectivity index (χ1v) is 7.52. The van der Waals surface area contributed by atoms with Crippen molar-refractivity contribution in [1.29, 1.82) is 0 Å². The van der Waals surface area contributed by atoms with Gasteiger partial charge in [0.15, 0.2) is 0 Å². The normalized spacial score (nSPS) is 13.1. The molecule has 0 fully saturated rings. The van der Waals surface area contributed by atoms with E-state index in [0.717, 1.165) is 12.1 Å². The van der Waals surface area contributed by atoms with Crippen LogP contribution in [0, 0.1) is 5.92 Å². The van der Waals surface area contributed by atoms with Crippen LogP contribution in [0.2, 0.25) is 0 Å². The molecule has 2 unspecified atom stereocenters. The van der Waals surface area contributed by atoms with Gasteiger partial charge in [-0.05, 0) is 5.92 Å². The quantitative estimate of drug-likeness (QED) is 0.603. The number of ether oxygens (including phenoxy) is 2. The standard InChI is InChI=1S/C16H27N3O3/c1-5-11(2)15(17)16(20)19-7-6-18-12-8-13(21-3)10-14(9-12)22-4/h8-11,15,18H,5-7,17H2,1-4H3,(H,19,20). The number of benzene rings is 1. The Balaban J connectivity index is 2.43. The third-order valence-electron chi connectivity index (χ3n) is 3.66. The summed E-state index contributed by atoms with van der Waals surface area (Å²) in [4.78, 5) is 11.9. The van der Waals surface area contributed by atoms with Crippen LogP contribution in [-0.4, -0.2) is 39.3 Å². The van der Waals surface area contributed by atoms with Crippen molar-refractivity contribution < 1.29 is 14.3 Å². The van der Waals surface area contributed by atoms with Crippen LogP contribution in [0.3, 0.4) is 0 Å². The SMILES string of the molecule is CCC(C)C(N)C(=O)NCCNc1cc(OC)cc(OC)c1. The third kappa shape index (κ3) is 5.44. The van der Waals surface area contributed by atoms with Crippen molar-refractivity contribution in [2.24, 2.45) is 11.7 Å². The summed E-state index contributed by atoms with van der Waals surface area (Å²) < 4.78 is 10.4. The molecule has 0 aromatic heterocycles. The Morgan fingerprint density at radius 3 is 2.27 bits per heavy atom. The van der Waals surface area contributed by atoms with E-state index in [1.807, 2.05) is 26.0 Å². The van der Waals surface area contributed by atoms with E-state index in [1.165, 1.54) is 0 Å². The lowest BCUT2D eigenvalue weighted by Gasteiger charge is -2.18. The Kier molecular flexibility index (Phi) is 7.52. The van der Waals surface area contributed by atoms with Crippen LogP contribution in [0.15, 0.2) is 18.2 Å². The Morgan fingerprint density at radius 2 is 1.77 bits per heavy atom. The van der Waals surface area contributed by atoms with Gasteiger partial charge in [-0.15, -0.1) is 0 Å². The molecule has 6 heteroatoms. The van der Waals surface area contributed by atoms with Gasteiger partial charge >= 0.3 is 0 Å². The Hall–Kier alpha value is -1.95. The molecule has 0 aliphatic heterocycles. The highest BCUT2D eigenvalue weighted by Crippen LogP contribution is 2.25. The fraction of sp³-hybridized carbons (Fsp3) is 0.562. The summed E-state index contributed by atoms with van der Waals surface area (Å²) >= 11 is 0. The van der Waals surface area contributed by atoms with Crippen molar-refractivity contribution >= 4 is 11.6 Å². The second-order valence-electron chi connectivity index (χ2n) is 5.23. The highest BCUT2D eigenvalue weighted by atomic mass is 16.5. The maximum absolute atomic E-state index is 11.9. The number of anilines is 1. The van der Waals surface area contributed by atoms with Gasteiger partial charge in [0, 0.05) is 37.0 Å². The number of hydrogen-bond donors (Lipinski definition) is 3. The molecule has 0 saturated carbocycles. The average molecular weight is 309 g/mol. The van der Waals surface area contributed by atoms with Crippen LogP contribution in [0.1, 0.15) is 20.3 Å². The van der Waals surface area contributed by atoms with E-state index in [9.17, 15) is 4.79 Å². The maximum Gasteiger partial charge on any atom is 0.237 e. The van der Waals surface area contributed by atoms with Crippen molar-refractivity contribution in [2.75, 3.05) is 32.6 Å². The van der Waals surface area contributed by atoms with E-state index in [-0.39, 0.29) is 11.8 Å². The molecule has 0 heterocycles. The van der Waals surface area contributed by atoms with Crippen molar-refractivity contribution in [3.63, 3.8) is 0 Å². The molecular formula is C16H27N3O3. The fourth-order valence-corrected chi connectivity index (χ4v) is 1.93. The molecule has 0 saturated heterocycles. The lowest BCUT2D eigenvalue weighted by molar-refractivity contribution is -0.123. The number of amides is 1. The summed E-state index contributed by atoms with van der Waals surface area (Å²) in [5.74, 6) is 1.49. The summed E-state index contributed by atoms with van der Waals surface area (Å²) in [6.45, 7) is 5.10. The zero-order valence-corrected chi connectivity index (χ0v) is 13.8. The number of rotatable bonds is 9. The van der Waals surface area contributed by atoms with Crippen molar-refractivity contribution in [3.05, 3.63) is 18.2 Å². The summed E-state index contributed by atoms with van der Waals surface area (Å²) in [6.07, 6.45) is 0.885. The van der Waals surface area contributed by atoms with Crippen molar-refractivity contribution in [2.45, 2.75) is 26.3 Å². The molecule has 1 amide bonds. The summed E-state index contributed by atoms with van der Waals surface area (Å²) in [5, 5.41) is 6.05. The molecule has 0 aliphatic rings.